The Kier molecular flexibility index (Phi) is 4.86. The van der Waals surface area contributed by atoms with Gasteiger partial charge in [0, 0.05) is 23.1 Å². The molecule has 0 spiro atoms. The van der Waals surface area contributed by atoms with E-state index in [1.807, 2.05) is 53.5 Å². The highest BCUT2D eigenvalue weighted by Crippen LogP contribution is 2.50. The molecule has 3 aliphatic heterocycles. The highest BCUT2D eigenvalue weighted by molar-refractivity contribution is 6.02. The van der Waals surface area contributed by atoms with E-state index < -0.39 is 6.23 Å². The normalized spacial score (nSPS) is 19.6. The van der Waals surface area contributed by atoms with Crippen molar-refractivity contribution in [3.8, 4) is 34.5 Å². The van der Waals surface area contributed by atoms with E-state index in [0.29, 0.717) is 17.2 Å². The molecular weight excluding hydrogens is 436 g/mol. The summed E-state index contributed by atoms with van der Waals surface area (Å²) < 4.78 is 34.2. The van der Waals surface area contributed by atoms with Crippen LogP contribution in [0.4, 0.5) is 0 Å². The van der Waals surface area contributed by atoms with Crippen molar-refractivity contribution in [1.82, 2.24) is 5.01 Å². The zero-order valence-electron chi connectivity index (χ0n) is 19.1. The number of hydrazone groups is 1. The second kappa shape index (κ2) is 8.06. The molecule has 3 aromatic carbocycles. The van der Waals surface area contributed by atoms with Gasteiger partial charge in [-0.05, 0) is 36.4 Å². The van der Waals surface area contributed by atoms with E-state index in [9.17, 15) is 0 Å². The van der Waals surface area contributed by atoms with Crippen LogP contribution in [0.5, 0.6) is 34.5 Å². The SMILES string of the molecule is COc1cc([C@@H]2Oc3ccccc3[C@H]3CC(c4ccc5c(c4)OCO5)=NN32)cc(OC)c1OC. The van der Waals surface area contributed by atoms with Gasteiger partial charge in [-0.1, -0.05) is 18.2 Å². The van der Waals surface area contributed by atoms with E-state index in [0.717, 1.165) is 46.1 Å². The Morgan fingerprint density at radius 1 is 0.853 bits per heavy atom. The molecule has 3 heterocycles. The molecule has 8 heteroatoms. The average Bonchev–Trinajstić information content (AvgIpc) is 3.54. The lowest BCUT2D eigenvalue weighted by molar-refractivity contribution is -0.0192. The maximum atomic E-state index is 6.48. The number of ether oxygens (including phenoxy) is 6. The van der Waals surface area contributed by atoms with Gasteiger partial charge in [-0.2, -0.15) is 5.10 Å². The fraction of sp³-hybridized carbons (Fsp3) is 0.269. The summed E-state index contributed by atoms with van der Waals surface area (Å²) in [6.45, 7) is 0.241. The predicted octanol–water partition coefficient (Wildman–Crippen LogP) is 4.68. The summed E-state index contributed by atoms with van der Waals surface area (Å²) >= 11 is 0. The van der Waals surface area contributed by atoms with Crippen molar-refractivity contribution in [3.05, 3.63) is 71.3 Å². The maximum Gasteiger partial charge on any atom is 0.231 e. The second-order valence-electron chi connectivity index (χ2n) is 8.18. The van der Waals surface area contributed by atoms with Crippen molar-refractivity contribution in [3.63, 3.8) is 0 Å². The number of rotatable bonds is 5. The first-order valence-electron chi connectivity index (χ1n) is 11.0. The third-order valence-corrected chi connectivity index (χ3v) is 6.38. The molecule has 0 aromatic heterocycles. The van der Waals surface area contributed by atoms with E-state index in [1.54, 1.807) is 21.3 Å². The van der Waals surface area contributed by atoms with E-state index in [1.165, 1.54) is 0 Å². The van der Waals surface area contributed by atoms with Crippen LogP contribution in [-0.4, -0.2) is 38.8 Å². The molecule has 3 aliphatic rings. The van der Waals surface area contributed by atoms with Crippen LogP contribution in [0.2, 0.25) is 0 Å². The summed E-state index contributed by atoms with van der Waals surface area (Å²) in [5.41, 5.74) is 3.91. The van der Waals surface area contributed by atoms with Crippen molar-refractivity contribution in [2.75, 3.05) is 28.1 Å². The monoisotopic (exact) mass is 460 g/mol. The molecule has 3 aromatic rings. The first-order chi connectivity index (χ1) is 16.7. The Morgan fingerprint density at radius 2 is 1.62 bits per heavy atom. The standard InChI is InChI=1S/C26H24N2O6/c1-29-23-11-16(12-24(30-2)25(23)31-3)26-28-19(17-6-4-5-7-20(17)34-26)13-18(27-28)15-8-9-21-22(10-15)33-14-32-21/h4-12,19,26H,13-14H2,1-3H3/t19-,26+/m1/s1. The molecule has 0 saturated carbocycles. The Morgan fingerprint density at radius 3 is 2.38 bits per heavy atom. The number of para-hydroxylation sites is 1. The van der Waals surface area contributed by atoms with E-state index >= 15 is 0 Å². The lowest BCUT2D eigenvalue weighted by Crippen LogP contribution is -2.33. The smallest absolute Gasteiger partial charge is 0.231 e. The molecule has 0 bridgehead atoms. The molecule has 6 rings (SSSR count). The topological polar surface area (TPSA) is 71.0 Å². The summed E-state index contributed by atoms with van der Waals surface area (Å²) in [4.78, 5) is 0. The highest BCUT2D eigenvalue weighted by Gasteiger charge is 2.41. The zero-order valence-corrected chi connectivity index (χ0v) is 19.1. The minimum Gasteiger partial charge on any atom is -0.493 e. The number of methoxy groups -OCH3 is 3. The van der Waals surface area contributed by atoms with Crippen molar-refractivity contribution in [2.45, 2.75) is 18.7 Å². The third-order valence-electron chi connectivity index (χ3n) is 6.38. The van der Waals surface area contributed by atoms with Gasteiger partial charge in [0.05, 0.1) is 33.1 Å². The number of hydrogen-bond donors (Lipinski definition) is 0. The van der Waals surface area contributed by atoms with E-state index in [2.05, 4.69) is 6.07 Å². The average molecular weight is 460 g/mol. The minimum atomic E-state index is -0.472. The molecule has 0 N–H and O–H groups in total. The lowest BCUT2D eigenvalue weighted by atomic mass is 9.95. The van der Waals surface area contributed by atoms with Crippen LogP contribution in [0.3, 0.4) is 0 Å². The van der Waals surface area contributed by atoms with Gasteiger partial charge in [0.25, 0.3) is 0 Å². The summed E-state index contributed by atoms with van der Waals surface area (Å²) in [5.74, 6) is 3.99. The molecule has 0 saturated heterocycles. The van der Waals surface area contributed by atoms with Crippen LogP contribution in [0, 0.1) is 0 Å². The van der Waals surface area contributed by atoms with E-state index in [-0.39, 0.29) is 12.8 Å². The molecule has 0 aliphatic carbocycles. The zero-order chi connectivity index (χ0) is 23.2. The molecule has 2 atom stereocenters. The summed E-state index contributed by atoms with van der Waals surface area (Å²) in [6.07, 6.45) is 0.265. The Labute approximate surface area is 197 Å². The van der Waals surface area contributed by atoms with Gasteiger partial charge in [0.2, 0.25) is 18.8 Å². The maximum absolute atomic E-state index is 6.48. The minimum absolute atomic E-state index is 0.0227. The largest absolute Gasteiger partial charge is 0.493 e. The Hall–Kier alpha value is -4.07. The van der Waals surface area contributed by atoms with Crippen LogP contribution in [0.1, 0.15) is 35.4 Å². The van der Waals surface area contributed by atoms with Crippen LogP contribution in [0.25, 0.3) is 0 Å². The molecule has 0 radical (unpaired) electrons. The molecule has 0 unspecified atom stereocenters. The van der Waals surface area contributed by atoms with Crippen LogP contribution < -0.4 is 28.4 Å². The van der Waals surface area contributed by atoms with Gasteiger partial charge in [0.15, 0.2) is 23.0 Å². The van der Waals surface area contributed by atoms with Crippen molar-refractivity contribution < 1.29 is 28.4 Å². The highest BCUT2D eigenvalue weighted by atomic mass is 16.7. The van der Waals surface area contributed by atoms with Crippen LogP contribution >= 0.6 is 0 Å². The van der Waals surface area contributed by atoms with Crippen molar-refractivity contribution in [1.29, 1.82) is 0 Å². The fourth-order valence-electron chi connectivity index (χ4n) is 4.75. The van der Waals surface area contributed by atoms with Gasteiger partial charge in [-0.3, -0.25) is 0 Å². The first-order valence-corrected chi connectivity index (χ1v) is 11.0. The van der Waals surface area contributed by atoms with Gasteiger partial charge in [-0.25, -0.2) is 5.01 Å². The molecular formula is C26H24N2O6. The number of benzene rings is 3. The van der Waals surface area contributed by atoms with E-state index in [4.69, 9.17) is 33.5 Å². The lowest BCUT2D eigenvalue weighted by Gasteiger charge is -2.38. The van der Waals surface area contributed by atoms with Gasteiger partial charge < -0.3 is 28.4 Å². The van der Waals surface area contributed by atoms with Gasteiger partial charge >= 0.3 is 0 Å². The van der Waals surface area contributed by atoms with Gasteiger partial charge in [0.1, 0.15) is 5.75 Å². The summed E-state index contributed by atoms with van der Waals surface area (Å²) in [6, 6.07) is 17.9. The predicted molar refractivity (Wildman–Crippen MR) is 124 cm³/mol. The number of hydrogen-bond acceptors (Lipinski definition) is 8. The van der Waals surface area contributed by atoms with Gasteiger partial charge in [-0.15, -0.1) is 0 Å². The van der Waals surface area contributed by atoms with Crippen LogP contribution in [0.15, 0.2) is 59.7 Å². The second-order valence-corrected chi connectivity index (χ2v) is 8.18. The number of nitrogens with zero attached hydrogens (tertiary/aromatic N) is 2. The Balaban J connectivity index is 1.45. The quantitative estimate of drug-likeness (QED) is 0.547. The fourth-order valence-corrected chi connectivity index (χ4v) is 4.75. The summed E-state index contributed by atoms with van der Waals surface area (Å²) in [7, 11) is 4.80. The number of fused-ring (bicyclic) bond motifs is 4. The Bertz CT molecular complexity index is 1270. The molecule has 34 heavy (non-hydrogen) atoms. The van der Waals surface area contributed by atoms with Crippen molar-refractivity contribution in [2.24, 2.45) is 5.10 Å². The first kappa shape index (κ1) is 20.5. The molecule has 0 amide bonds. The summed E-state index contributed by atoms with van der Waals surface area (Å²) in [5, 5.41) is 7.05. The molecule has 8 nitrogen and oxygen atoms in total. The van der Waals surface area contributed by atoms with Crippen molar-refractivity contribution >= 4 is 5.71 Å². The molecule has 174 valence electrons. The molecule has 0 fully saturated rings. The van der Waals surface area contributed by atoms with Crippen LogP contribution in [-0.2, 0) is 0 Å². The third kappa shape index (κ3) is 3.17.